The van der Waals surface area contributed by atoms with Gasteiger partial charge in [-0.3, -0.25) is 28.0 Å². The van der Waals surface area contributed by atoms with Crippen LogP contribution in [0.15, 0.2) is 64.8 Å². The van der Waals surface area contributed by atoms with E-state index in [0.29, 0.717) is 36.0 Å². The van der Waals surface area contributed by atoms with Gasteiger partial charge in [0.05, 0.1) is 25.1 Å². The number of nitrogens with zero attached hydrogens (tertiary/aromatic N) is 5. The van der Waals surface area contributed by atoms with Crippen molar-refractivity contribution < 1.29 is 47.6 Å². The molecule has 0 spiro atoms. The number of ether oxygens (including phenoxy) is 4. The third-order valence-corrected chi connectivity index (χ3v) is 12.1. The number of methoxy groups -OCH3 is 1. The molecule has 0 radical (unpaired) electrons. The van der Waals surface area contributed by atoms with E-state index in [-0.39, 0.29) is 24.6 Å². The zero-order valence-electron chi connectivity index (χ0n) is 27.8. The van der Waals surface area contributed by atoms with Crippen LogP contribution < -0.4 is 17.0 Å². The van der Waals surface area contributed by atoms with Gasteiger partial charge in [0.15, 0.2) is 24.0 Å². The quantitative estimate of drug-likeness (QED) is 0.0720. The van der Waals surface area contributed by atoms with Crippen LogP contribution in [0.1, 0.15) is 48.5 Å². The molecule has 2 aliphatic heterocycles. The molecule has 19 nitrogen and oxygen atoms in total. The van der Waals surface area contributed by atoms with Gasteiger partial charge >= 0.3 is 18.5 Å². The Morgan fingerprint density at radius 2 is 1.88 bits per heavy atom. The minimum Gasteiger partial charge on any atom is -0.462 e. The summed E-state index contributed by atoms with van der Waals surface area (Å²) < 4.78 is 52.2. The molecular weight excluding hydrogens is 725 g/mol. The van der Waals surface area contributed by atoms with E-state index in [2.05, 4.69) is 19.9 Å². The number of carbonyl (C=O) groups excluding carboxylic acids is 1. The van der Waals surface area contributed by atoms with Crippen LogP contribution in [0.25, 0.3) is 11.2 Å². The Bertz CT molecular complexity index is 2000. The summed E-state index contributed by atoms with van der Waals surface area (Å²) in [5.41, 5.74) is 5.63. The van der Waals surface area contributed by atoms with Crippen molar-refractivity contribution in [3.63, 3.8) is 0 Å². The zero-order valence-corrected chi connectivity index (χ0v) is 29.5. The van der Waals surface area contributed by atoms with Crippen molar-refractivity contribution in [3.05, 3.63) is 81.7 Å². The number of nitrogens with one attached hydrogen (secondary N) is 1. The first-order chi connectivity index (χ1) is 25.1. The zero-order chi connectivity index (χ0) is 36.8. The van der Waals surface area contributed by atoms with Gasteiger partial charge < -0.3 is 34.9 Å². The highest BCUT2D eigenvalue weighted by atomic mass is 32.7. The van der Waals surface area contributed by atoms with E-state index >= 15 is 0 Å². The SMILES string of the molecule is CO[C@@H]1C(OP(=O)(O[C@H]2O[C@@H](n3cnc4c(N)ncnc43)CC2O)SCCCCCOC(=O)c2ccccc2)[C@@H](CO)O[C@H]1n1ccc(=O)[nH]c1=O. The molecule has 6 rings (SSSR count). The number of hydrogen-bond donors (Lipinski definition) is 4. The molecule has 3 aromatic heterocycles. The maximum Gasteiger partial charge on any atom is 0.391 e. The molecule has 0 amide bonds. The van der Waals surface area contributed by atoms with Gasteiger partial charge in [-0.15, -0.1) is 0 Å². The van der Waals surface area contributed by atoms with Gasteiger partial charge in [-0.2, -0.15) is 0 Å². The van der Waals surface area contributed by atoms with Gasteiger partial charge in [0.1, 0.15) is 42.5 Å². The topological polar surface area (TPSA) is 254 Å². The summed E-state index contributed by atoms with van der Waals surface area (Å²) in [6.45, 7) is -4.74. The second-order valence-corrected chi connectivity index (χ2v) is 15.9. The van der Waals surface area contributed by atoms with Crippen molar-refractivity contribution in [1.82, 2.24) is 29.1 Å². The number of nitrogens with two attached hydrogens (primary N) is 1. The first-order valence-corrected chi connectivity index (χ1v) is 19.4. The summed E-state index contributed by atoms with van der Waals surface area (Å²) in [5, 5.41) is 21.3. The third kappa shape index (κ3) is 8.46. The second kappa shape index (κ2) is 16.8. The van der Waals surface area contributed by atoms with Crippen LogP contribution in [0.3, 0.4) is 0 Å². The molecule has 21 heteroatoms. The number of anilines is 1. The Labute approximate surface area is 299 Å². The second-order valence-electron chi connectivity index (χ2n) is 11.8. The lowest BCUT2D eigenvalue weighted by molar-refractivity contribution is -0.131. The summed E-state index contributed by atoms with van der Waals surface area (Å²) in [7, 11) is 1.32. The van der Waals surface area contributed by atoms with E-state index in [1.165, 1.54) is 26.0 Å². The lowest BCUT2D eigenvalue weighted by atomic mass is 10.1. The lowest BCUT2D eigenvalue weighted by Crippen LogP contribution is -2.40. The Hall–Kier alpha value is -3.98. The fourth-order valence-corrected chi connectivity index (χ4v) is 9.50. The number of aromatic amines is 1. The molecule has 52 heavy (non-hydrogen) atoms. The van der Waals surface area contributed by atoms with E-state index < -0.39 is 73.8 Å². The highest BCUT2D eigenvalue weighted by Crippen LogP contribution is 2.64. The molecule has 3 unspecified atom stereocenters. The van der Waals surface area contributed by atoms with Crippen molar-refractivity contribution in [2.75, 3.05) is 31.8 Å². The van der Waals surface area contributed by atoms with Crippen LogP contribution >= 0.6 is 18.2 Å². The van der Waals surface area contributed by atoms with E-state index in [1.807, 2.05) is 0 Å². The van der Waals surface area contributed by atoms with Crippen molar-refractivity contribution in [2.45, 2.75) is 68.8 Å². The molecule has 0 aliphatic carbocycles. The summed E-state index contributed by atoms with van der Waals surface area (Å²) in [6.07, 6.45) is -2.66. The van der Waals surface area contributed by atoms with Crippen molar-refractivity contribution in [3.8, 4) is 0 Å². The maximum absolute atomic E-state index is 14.6. The lowest BCUT2D eigenvalue weighted by Gasteiger charge is -2.29. The number of H-pyrrole nitrogens is 1. The maximum atomic E-state index is 14.6. The van der Waals surface area contributed by atoms with E-state index in [9.17, 15) is 29.2 Å². The van der Waals surface area contributed by atoms with Gasteiger partial charge in [0, 0.05) is 31.5 Å². The van der Waals surface area contributed by atoms with E-state index in [1.54, 1.807) is 34.9 Å². The Kier molecular flexibility index (Phi) is 12.2. The average Bonchev–Trinajstić information content (AvgIpc) is 3.83. The largest absolute Gasteiger partial charge is 0.462 e. The minimum atomic E-state index is -4.30. The summed E-state index contributed by atoms with van der Waals surface area (Å²) in [6, 6.07) is 9.74. The number of rotatable bonds is 16. The summed E-state index contributed by atoms with van der Waals surface area (Å²) in [5.74, 6) is -0.0242. The number of aromatic nitrogens is 6. The summed E-state index contributed by atoms with van der Waals surface area (Å²) in [4.78, 5) is 51.1. The molecule has 280 valence electrons. The number of imidazole rings is 1. The number of benzene rings is 1. The predicted octanol–water partition coefficient (Wildman–Crippen LogP) is 1.74. The van der Waals surface area contributed by atoms with Gasteiger partial charge in [0.2, 0.25) is 0 Å². The summed E-state index contributed by atoms with van der Waals surface area (Å²) >= 11 is 0.838. The van der Waals surface area contributed by atoms with Crippen LogP contribution in [-0.4, -0.2) is 102 Å². The van der Waals surface area contributed by atoms with Gasteiger partial charge in [-0.25, -0.2) is 29.1 Å². The van der Waals surface area contributed by atoms with Crippen LogP contribution in [0.5, 0.6) is 0 Å². The number of carbonyl (C=O) groups is 1. The molecule has 5 N–H and O–H groups in total. The standard InChI is InChI=1S/C31H38N7O12PS/c1-45-25-24(20(15-39)47-28(25)37-11-10-21(41)36-31(37)43)49-51(44,52-13-7-3-6-12-46-29(42)18-8-4-2-5-9-18)50-30-19(40)14-22(48-30)38-17-35-23-26(32)33-16-34-27(23)38/h2,4-5,8-11,16-17,19-20,22,24-25,28,30,39-40H,3,6-7,12-15H2,1H3,(H2,32,33,34)(H,36,41,43)/t19?,20-,22-,24?,25-,28-,30-,51?/m1/s1. The third-order valence-electron chi connectivity index (χ3n) is 8.37. The molecule has 2 fully saturated rings. The minimum absolute atomic E-state index is 0.0100. The Morgan fingerprint density at radius 1 is 1.08 bits per heavy atom. The molecule has 4 aromatic rings. The molecule has 5 heterocycles. The first-order valence-electron chi connectivity index (χ1n) is 16.3. The number of nitrogen functional groups attached to an aromatic ring is 1. The fraction of sp³-hybridized carbons (Fsp3) is 0.484. The van der Waals surface area contributed by atoms with Crippen molar-refractivity contribution >= 4 is 41.1 Å². The smallest absolute Gasteiger partial charge is 0.391 e. The Balaban J connectivity index is 1.16. The molecule has 0 bridgehead atoms. The van der Waals surface area contributed by atoms with Gasteiger partial charge in [0.25, 0.3) is 5.56 Å². The number of esters is 1. The average molecular weight is 764 g/mol. The molecule has 0 saturated carbocycles. The number of hydrogen-bond acceptors (Lipinski definition) is 17. The predicted molar refractivity (Wildman–Crippen MR) is 184 cm³/mol. The number of fused-ring (bicyclic) bond motifs is 1. The van der Waals surface area contributed by atoms with E-state index in [4.69, 9.17) is 33.7 Å². The van der Waals surface area contributed by atoms with E-state index in [0.717, 1.165) is 22.0 Å². The van der Waals surface area contributed by atoms with Crippen molar-refractivity contribution in [1.29, 1.82) is 0 Å². The number of unbranched alkanes of at least 4 members (excludes halogenated alkanes) is 2. The van der Waals surface area contributed by atoms with Gasteiger partial charge in [-0.1, -0.05) is 18.2 Å². The van der Waals surface area contributed by atoms with Gasteiger partial charge in [-0.05, 0) is 42.8 Å². The monoisotopic (exact) mass is 763 g/mol. The first kappa shape index (κ1) is 37.8. The molecule has 2 aliphatic rings. The van der Waals surface area contributed by atoms with Crippen LogP contribution in [0, 0.1) is 0 Å². The molecule has 1 aromatic carbocycles. The van der Waals surface area contributed by atoms with Crippen LogP contribution in [0.4, 0.5) is 5.82 Å². The highest BCUT2D eigenvalue weighted by Gasteiger charge is 2.52. The van der Waals surface area contributed by atoms with Crippen LogP contribution in [0.2, 0.25) is 0 Å². The molecular formula is C31H38N7O12PS. The normalized spacial score (nSPS) is 25.7. The fourth-order valence-electron chi connectivity index (χ4n) is 5.80. The Morgan fingerprint density at radius 3 is 2.63 bits per heavy atom. The number of aliphatic hydroxyl groups excluding tert-OH is 2. The molecule has 8 atom stereocenters. The highest BCUT2D eigenvalue weighted by molar-refractivity contribution is 8.55. The van der Waals surface area contributed by atoms with Crippen LogP contribution in [-0.2, 0) is 32.6 Å². The van der Waals surface area contributed by atoms with Crippen molar-refractivity contribution in [2.24, 2.45) is 0 Å². The molecule has 2 saturated heterocycles. The number of aliphatic hydroxyl groups is 2.